The number of nitrogens with zero attached hydrogens (tertiary/aromatic N) is 3. The van der Waals surface area contributed by atoms with Crippen molar-refractivity contribution in [1.29, 1.82) is 0 Å². The standard InChI is InChI=1S/C18H14N4O3S/c1-11-6-7-12(17-22-19-10-24-17)8-14(11)20-16(23)9-26-18-21-13-4-2-3-5-15(13)25-18/h2-8,10H,9H2,1H3,(H,20,23). The molecule has 0 unspecified atom stereocenters. The number of fused-ring (bicyclic) bond motifs is 1. The number of amides is 1. The van der Waals surface area contributed by atoms with Crippen LogP contribution in [0.3, 0.4) is 0 Å². The van der Waals surface area contributed by atoms with Crippen LogP contribution in [0.25, 0.3) is 22.6 Å². The molecule has 0 saturated heterocycles. The Morgan fingerprint density at radius 3 is 2.92 bits per heavy atom. The highest BCUT2D eigenvalue weighted by Crippen LogP contribution is 2.25. The number of aromatic nitrogens is 3. The van der Waals surface area contributed by atoms with E-state index in [-0.39, 0.29) is 11.7 Å². The molecule has 0 fully saturated rings. The smallest absolute Gasteiger partial charge is 0.257 e. The van der Waals surface area contributed by atoms with Gasteiger partial charge in [0.25, 0.3) is 5.22 Å². The summed E-state index contributed by atoms with van der Waals surface area (Å²) in [4.78, 5) is 16.6. The summed E-state index contributed by atoms with van der Waals surface area (Å²) >= 11 is 1.25. The second kappa shape index (κ2) is 7.01. The molecule has 1 amide bonds. The molecule has 0 aliphatic heterocycles. The summed E-state index contributed by atoms with van der Waals surface area (Å²) in [6.07, 6.45) is 1.27. The van der Waals surface area contributed by atoms with Gasteiger partial charge in [-0.2, -0.15) is 0 Å². The first-order valence-electron chi connectivity index (χ1n) is 7.84. The van der Waals surface area contributed by atoms with Gasteiger partial charge in [0.1, 0.15) is 5.52 Å². The van der Waals surface area contributed by atoms with E-state index in [9.17, 15) is 4.79 Å². The summed E-state index contributed by atoms with van der Waals surface area (Å²) in [6, 6.07) is 13.1. The van der Waals surface area contributed by atoms with Crippen molar-refractivity contribution in [3.05, 3.63) is 54.4 Å². The number of oxazole rings is 1. The normalized spacial score (nSPS) is 11.0. The molecule has 2 aromatic carbocycles. The third-order valence-electron chi connectivity index (χ3n) is 3.72. The van der Waals surface area contributed by atoms with Crippen LogP contribution in [0.4, 0.5) is 5.69 Å². The maximum atomic E-state index is 12.3. The van der Waals surface area contributed by atoms with Gasteiger partial charge in [0.2, 0.25) is 18.2 Å². The minimum Gasteiger partial charge on any atom is -0.431 e. The van der Waals surface area contributed by atoms with Gasteiger partial charge in [0, 0.05) is 11.3 Å². The van der Waals surface area contributed by atoms with Gasteiger partial charge in [-0.3, -0.25) is 4.79 Å². The number of aryl methyl sites for hydroxylation is 1. The minimum absolute atomic E-state index is 0.150. The summed E-state index contributed by atoms with van der Waals surface area (Å²) in [5, 5.41) is 10.9. The number of anilines is 1. The summed E-state index contributed by atoms with van der Waals surface area (Å²) in [7, 11) is 0. The van der Waals surface area contributed by atoms with Crippen LogP contribution in [0.1, 0.15) is 5.56 Å². The van der Waals surface area contributed by atoms with Crippen LogP contribution >= 0.6 is 11.8 Å². The zero-order chi connectivity index (χ0) is 17.9. The van der Waals surface area contributed by atoms with Crippen LogP contribution in [0.15, 0.2) is 62.9 Å². The van der Waals surface area contributed by atoms with Crippen LogP contribution in [0.5, 0.6) is 0 Å². The van der Waals surface area contributed by atoms with Crippen molar-refractivity contribution in [1.82, 2.24) is 15.2 Å². The topological polar surface area (TPSA) is 94.1 Å². The molecule has 26 heavy (non-hydrogen) atoms. The molecule has 7 nitrogen and oxygen atoms in total. The molecular weight excluding hydrogens is 352 g/mol. The van der Waals surface area contributed by atoms with Crippen LogP contribution in [0, 0.1) is 6.92 Å². The highest BCUT2D eigenvalue weighted by Gasteiger charge is 2.12. The first-order valence-corrected chi connectivity index (χ1v) is 8.83. The van der Waals surface area contributed by atoms with E-state index in [1.165, 1.54) is 18.2 Å². The molecule has 0 saturated carbocycles. The molecule has 8 heteroatoms. The van der Waals surface area contributed by atoms with E-state index >= 15 is 0 Å². The predicted molar refractivity (Wildman–Crippen MR) is 97.8 cm³/mol. The minimum atomic E-state index is -0.150. The molecule has 0 aliphatic carbocycles. The van der Waals surface area contributed by atoms with Gasteiger partial charge in [0.05, 0.1) is 5.75 Å². The number of nitrogens with one attached hydrogen (secondary N) is 1. The van der Waals surface area contributed by atoms with Gasteiger partial charge in [-0.05, 0) is 36.8 Å². The molecule has 2 aromatic heterocycles. The lowest BCUT2D eigenvalue weighted by molar-refractivity contribution is -0.113. The number of benzene rings is 2. The molecule has 4 aromatic rings. The lowest BCUT2D eigenvalue weighted by Crippen LogP contribution is -2.14. The quantitative estimate of drug-likeness (QED) is 0.535. The molecule has 130 valence electrons. The van der Waals surface area contributed by atoms with Gasteiger partial charge in [0.15, 0.2) is 5.58 Å². The van der Waals surface area contributed by atoms with Crippen molar-refractivity contribution in [2.24, 2.45) is 0 Å². The molecule has 1 N–H and O–H groups in total. The Balaban J connectivity index is 1.43. The fourth-order valence-electron chi connectivity index (χ4n) is 2.41. The van der Waals surface area contributed by atoms with Crippen molar-refractivity contribution in [2.75, 3.05) is 11.1 Å². The third-order valence-corrected chi connectivity index (χ3v) is 4.55. The van der Waals surface area contributed by atoms with E-state index in [4.69, 9.17) is 8.83 Å². The zero-order valence-electron chi connectivity index (χ0n) is 13.8. The van der Waals surface area contributed by atoms with E-state index in [2.05, 4.69) is 20.5 Å². The van der Waals surface area contributed by atoms with Crippen LogP contribution in [0.2, 0.25) is 0 Å². The lowest BCUT2D eigenvalue weighted by Gasteiger charge is -2.09. The van der Waals surface area contributed by atoms with Crippen molar-refractivity contribution in [2.45, 2.75) is 12.1 Å². The number of carbonyl (C=O) groups is 1. The number of carbonyl (C=O) groups excluding carboxylic acids is 1. The van der Waals surface area contributed by atoms with Gasteiger partial charge in [-0.15, -0.1) is 10.2 Å². The summed E-state index contributed by atoms with van der Waals surface area (Å²) < 4.78 is 10.8. The van der Waals surface area contributed by atoms with Crippen LogP contribution < -0.4 is 5.32 Å². The molecule has 0 spiro atoms. The SMILES string of the molecule is Cc1ccc(-c2nnco2)cc1NC(=O)CSc1nc2ccccc2o1. The Bertz CT molecular complexity index is 1030. The number of hydrogen-bond acceptors (Lipinski definition) is 7. The molecule has 4 rings (SSSR count). The molecular formula is C18H14N4O3S. The molecule has 0 radical (unpaired) electrons. The zero-order valence-corrected chi connectivity index (χ0v) is 14.6. The lowest BCUT2D eigenvalue weighted by atomic mass is 10.1. The van der Waals surface area contributed by atoms with Crippen molar-refractivity contribution in [3.8, 4) is 11.5 Å². The van der Waals surface area contributed by atoms with E-state index < -0.39 is 0 Å². The number of rotatable bonds is 5. The first kappa shape index (κ1) is 16.3. The Morgan fingerprint density at radius 1 is 1.23 bits per heavy atom. The second-order valence-corrected chi connectivity index (χ2v) is 6.48. The van der Waals surface area contributed by atoms with E-state index in [0.29, 0.717) is 22.4 Å². The highest BCUT2D eigenvalue weighted by atomic mass is 32.2. The van der Waals surface area contributed by atoms with Gasteiger partial charge in [-0.1, -0.05) is 30.0 Å². The third kappa shape index (κ3) is 3.45. The Hall–Kier alpha value is -3.13. The largest absolute Gasteiger partial charge is 0.431 e. The number of hydrogen-bond donors (Lipinski definition) is 1. The van der Waals surface area contributed by atoms with Crippen molar-refractivity contribution < 1.29 is 13.6 Å². The van der Waals surface area contributed by atoms with Crippen LogP contribution in [-0.4, -0.2) is 26.8 Å². The van der Waals surface area contributed by atoms with Gasteiger partial charge < -0.3 is 14.2 Å². The average molecular weight is 366 g/mol. The fraction of sp³-hybridized carbons (Fsp3) is 0.111. The molecule has 0 aliphatic rings. The summed E-state index contributed by atoms with van der Waals surface area (Å²) in [5.41, 5.74) is 3.87. The second-order valence-electron chi connectivity index (χ2n) is 5.56. The fourth-order valence-corrected chi connectivity index (χ4v) is 3.05. The molecule has 0 atom stereocenters. The Kier molecular flexibility index (Phi) is 4.40. The summed E-state index contributed by atoms with van der Waals surface area (Å²) in [6.45, 7) is 1.92. The van der Waals surface area contributed by atoms with Crippen molar-refractivity contribution >= 4 is 34.5 Å². The van der Waals surface area contributed by atoms with Gasteiger partial charge in [-0.25, -0.2) is 4.98 Å². The Labute approximate surface area is 152 Å². The Morgan fingerprint density at radius 2 is 2.12 bits per heavy atom. The highest BCUT2D eigenvalue weighted by molar-refractivity contribution is 7.99. The maximum Gasteiger partial charge on any atom is 0.257 e. The summed E-state index contributed by atoms with van der Waals surface area (Å²) in [5.74, 6) is 0.446. The average Bonchev–Trinajstić information content (AvgIpc) is 3.31. The van der Waals surface area contributed by atoms with Crippen molar-refractivity contribution in [3.63, 3.8) is 0 Å². The molecule has 0 bridgehead atoms. The maximum absolute atomic E-state index is 12.3. The first-order chi connectivity index (χ1) is 12.7. The van der Waals surface area contributed by atoms with Gasteiger partial charge >= 0.3 is 0 Å². The van der Waals surface area contributed by atoms with E-state index in [0.717, 1.165) is 16.6 Å². The predicted octanol–water partition coefficient (Wildman–Crippen LogP) is 3.92. The number of para-hydroxylation sites is 2. The van der Waals surface area contributed by atoms with E-state index in [1.54, 1.807) is 0 Å². The monoisotopic (exact) mass is 366 g/mol. The van der Waals surface area contributed by atoms with Crippen LogP contribution in [-0.2, 0) is 4.79 Å². The number of thioether (sulfide) groups is 1. The molecule has 2 heterocycles. The van der Waals surface area contributed by atoms with E-state index in [1.807, 2.05) is 49.4 Å².